The zero-order valence-electron chi connectivity index (χ0n) is 11.5. The first-order valence-electron chi connectivity index (χ1n) is 6.58. The lowest BCUT2D eigenvalue weighted by molar-refractivity contribution is -0.144. The molecule has 0 spiro atoms. The van der Waals surface area contributed by atoms with E-state index in [1.165, 1.54) is 0 Å². The molecule has 1 rings (SSSR count). The summed E-state index contributed by atoms with van der Waals surface area (Å²) in [4.78, 5) is 24.8. The molecular formula is C13H24N2O3. The molecule has 0 bridgehead atoms. The maximum atomic E-state index is 12.0. The number of carbonyl (C=O) groups is 2. The zero-order valence-corrected chi connectivity index (χ0v) is 11.5. The van der Waals surface area contributed by atoms with Gasteiger partial charge in [-0.15, -0.1) is 0 Å². The van der Waals surface area contributed by atoms with Gasteiger partial charge in [-0.1, -0.05) is 0 Å². The fraction of sp³-hybridized carbons (Fsp3) is 0.846. The van der Waals surface area contributed by atoms with E-state index in [4.69, 9.17) is 5.11 Å². The standard InChI is InChI=1S/C13H24N2O3/c1-9(8-15(2)3)14-12(16)10-4-6-11(7-5-10)13(17)18/h9-11H,4-8H2,1-3H3,(H,14,16)(H,17,18). The molecule has 0 heterocycles. The van der Waals surface area contributed by atoms with Crippen LogP contribution in [0.15, 0.2) is 0 Å². The zero-order chi connectivity index (χ0) is 13.7. The first-order chi connectivity index (χ1) is 8.40. The highest BCUT2D eigenvalue weighted by Gasteiger charge is 2.30. The van der Waals surface area contributed by atoms with Crippen molar-refractivity contribution in [3.05, 3.63) is 0 Å². The Bertz CT molecular complexity index is 297. The van der Waals surface area contributed by atoms with Crippen molar-refractivity contribution in [2.24, 2.45) is 11.8 Å². The molecule has 18 heavy (non-hydrogen) atoms. The topological polar surface area (TPSA) is 69.6 Å². The van der Waals surface area contributed by atoms with Crippen LogP contribution in [0.1, 0.15) is 32.6 Å². The molecule has 1 saturated carbocycles. The maximum Gasteiger partial charge on any atom is 0.306 e. The van der Waals surface area contributed by atoms with E-state index >= 15 is 0 Å². The van der Waals surface area contributed by atoms with Crippen molar-refractivity contribution >= 4 is 11.9 Å². The number of carboxylic acid groups (broad SMARTS) is 1. The monoisotopic (exact) mass is 256 g/mol. The third-order valence-electron chi connectivity index (χ3n) is 3.47. The van der Waals surface area contributed by atoms with Gasteiger partial charge in [0, 0.05) is 18.5 Å². The Kier molecular flexibility index (Phi) is 5.59. The number of likely N-dealkylation sites (N-methyl/N-ethyl adjacent to an activating group) is 1. The van der Waals surface area contributed by atoms with E-state index in [2.05, 4.69) is 5.32 Å². The summed E-state index contributed by atoms with van der Waals surface area (Å²) in [6.07, 6.45) is 2.62. The van der Waals surface area contributed by atoms with Crippen molar-refractivity contribution in [2.45, 2.75) is 38.6 Å². The summed E-state index contributed by atoms with van der Waals surface area (Å²) in [6, 6.07) is 0.129. The number of carbonyl (C=O) groups excluding carboxylic acids is 1. The van der Waals surface area contributed by atoms with Crippen LogP contribution in [0.4, 0.5) is 0 Å². The minimum atomic E-state index is -0.727. The number of aliphatic carboxylic acids is 1. The molecule has 1 fully saturated rings. The molecule has 1 aliphatic carbocycles. The minimum absolute atomic E-state index is 0.00906. The van der Waals surface area contributed by atoms with Gasteiger partial charge >= 0.3 is 5.97 Å². The second kappa shape index (κ2) is 6.73. The van der Waals surface area contributed by atoms with Crippen LogP contribution in [0, 0.1) is 11.8 Å². The lowest BCUT2D eigenvalue weighted by Crippen LogP contribution is -2.43. The van der Waals surface area contributed by atoms with Crippen LogP contribution in [-0.2, 0) is 9.59 Å². The molecule has 2 N–H and O–H groups in total. The third-order valence-corrected chi connectivity index (χ3v) is 3.47. The number of hydrogen-bond donors (Lipinski definition) is 2. The third kappa shape index (κ3) is 4.64. The van der Waals surface area contributed by atoms with Gasteiger partial charge in [0.05, 0.1) is 5.92 Å². The Hall–Kier alpha value is -1.10. The Morgan fingerprint density at radius 3 is 2.17 bits per heavy atom. The summed E-state index contributed by atoms with van der Waals surface area (Å²) >= 11 is 0. The predicted octanol–water partition coefficient (Wildman–Crippen LogP) is 0.944. The number of rotatable bonds is 5. The van der Waals surface area contributed by atoms with Crippen molar-refractivity contribution < 1.29 is 14.7 Å². The second-order valence-corrected chi connectivity index (χ2v) is 5.56. The van der Waals surface area contributed by atoms with Gasteiger partial charge in [-0.2, -0.15) is 0 Å². The molecule has 0 aliphatic heterocycles. The van der Waals surface area contributed by atoms with Crippen LogP contribution >= 0.6 is 0 Å². The highest BCUT2D eigenvalue weighted by molar-refractivity contribution is 5.79. The van der Waals surface area contributed by atoms with Gasteiger partial charge in [0.25, 0.3) is 0 Å². The molecule has 1 aliphatic rings. The van der Waals surface area contributed by atoms with Gasteiger partial charge in [0.15, 0.2) is 0 Å². The van der Waals surface area contributed by atoms with Gasteiger partial charge in [0.1, 0.15) is 0 Å². The van der Waals surface area contributed by atoms with Crippen LogP contribution in [-0.4, -0.2) is 48.6 Å². The second-order valence-electron chi connectivity index (χ2n) is 5.56. The maximum absolute atomic E-state index is 12.0. The Balaban J connectivity index is 2.34. The fourth-order valence-electron chi connectivity index (χ4n) is 2.56. The van der Waals surface area contributed by atoms with Crippen LogP contribution in [0.3, 0.4) is 0 Å². The van der Waals surface area contributed by atoms with Gasteiger partial charge in [0.2, 0.25) is 5.91 Å². The van der Waals surface area contributed by atoms with E-state index in [1.807, 2.05) is 25.9 Å². The van der Waals surface area contributed by atoms with E-state index in [0.717, 1.165) is 6.54 Å². The molecule has 5 heteroatoms. The van der Waals surface area contributed by atoms with Gasteiger partial charge < -0.3 is 15.3 Å². The van der Waals surface area contributed by atoms with Crippen molar-refractivity contribution in [2.75, 3.05) is 20.6 Å². The molecule has 0 radical (unpaired) electrons. The summed E-state index contributed by atoms with van der Waals surface area (Å²) in [5.74, 6) is -0.915. The molecule has 5 nitrogen and oxygen atoms in total. The van der Waals surface area contributed by atoms with E-state index in [0.29, 0.717) is 25.7 Å². The fourth-order valence-corrected chi connectivity index (χ4v) is 2.56. The quantitative estimate of drug-likeness (QED) is 0.768. The van der Waals surface area contributed by atoms with Crippen molar-refractivity contribution in [1.29, 1.82) is 0 Å². The summed E-state index contributed by atoms with van der Waals surface area (Å²) < 4.78 is 0. The molecule has 0 aromatic carbocycles. The van der Waals surface area contributed by atoms with Crippen LogP contribution in [0.25, 0.3) is 0 Å². The summed E-state index contributed by atoms with van der Waals surface area (Å²) in [5.41, 5.74) is 0. The van der Waals surface area contributed by atoms with Gasteiger partial charge in [-0.05, 0) is 46.7 Å². The summed E-state index contributed by atoms with van der Waals surface area (Å²) in [7, 11) is 3.95. The Labute approximate surface area is 109 Å². The first-order valence-corrected chi connectivity index (χ1v) is 6.58. The number of nitrogens with zero attached hydrogens (tertiary/aromatic N) is 1. The summed E-state index contributed by atoms with van der Waals surface area (Å²) in [6.45, 7) is 2.80. The molecule has 1 amide bonds. The lowest BCUT2D eigenvalue weighted by atomic mass is 9.81. The van der Waals surface area contributed by atoms with E-state index in [1.54, 1.807) is 0 Å². The van der Waals surface area contributed by atoms with E-state index < -0.39 is 5.97 Å². The van der Waals surface area contributed by atoms with Crippen molar-refractivity contribution in [1.82, 2.24) is 10.2 Å². The highest BCUT2D eigenvalue weighted by atomic mass is 16.4. The Morgan fingerprint density at radius 1 is 1.22 bits per heavy atom. The van der Waals surface area contributed by atoms with Crippen LogP contribution < -0.4 is 5.32 Å². The number of carboxylic acids is 1. The van der Waals surface area contributed by atoms with Gasteiger partial charge in [-0.25, -0.2) is 0 Å². The predicted molar refractivity (Wildman–Crippen MR) is 69.2 cm³/mol. The first kappa shape index (κ1) is 15.0. The van der Waals surface area contributed by atoms with Crippen molar-refractivity contribution in [3.63, 3.8) is 0 Å². The van der Waals surface area contributed by atoms with Crippen LogP contribution in [0.5, 0.6) is 0 Å². The molecule has 0 aromatic heterocycles. The number of hydrogen-bond acceptors (Lipinski definition) is 3. The molecular weight excluding hydrogens is 232 g/mol. The number of nitrogens with one attached hydrogen (secondary N) is 1. The Morgan fingerprint density at radius 2 is 1.72 bits per heavy atom. The molecule has 1 atom stereocenters. The van der Waals surface area contributed by atoms with Crippen molar-refractivity contribution in [3.8, 4) is 0 Å². The minimum Gasteiger partial charge on any atom is -0.481 e. The summed E-state index contributed by atoms with van der Waals surface area (Å²) in [5, 5.41) is 11.9. The SMILES string of the molecule is CC(CN(C)C)NC(=O)C1CCC(C(=O)O)CC1. The van der Waals surface area contributed by atoms with E-state index in [9.17, 15) is 9.59 Å². The number of amides is 1. The smallest absolute Gasteiger partial charge is 0.306 e. The van der Waals surface area contributed by atoms with Crippen LogP contribution in [0.2, 0.25) is 0 Å². The molecule has 104 valence electrons. The average molecular weight is 256 g/mol. The largest absolute Gasteiger partial charge is 0.481 e. The highest BCUT2D eigenvalue weighted by Crippen LogP contribution is 2.29. The normalized spacial score (nSPS) is 25.8. The molecule has 1 unspecified atom stereocenters. The van der Waals surface area contributed by atoms with Gasteiger partial charge in [-0.3, -0.25) is 9.59 Å². The molecule has 0 saturated heterocycles. The average Bonchev–Trinajstić information content (AvgIpc) is 2.27. The van der Waals surface area contributed by atoms with E-state index in [-0.39, 0.29) is 23.8 Å². The lowest BCUT2D eigenvalue weighted by Gasteiger charge is -2.27. The molecule has 0 aromatic rings.